The summed E-state index contributed by atoms with van der Waals surface area (Å²) in [5.74, 6) is -0.280. The largest absolute Gasteiger partial charge is 0.338 e. The summed E-state index contributed by atoms with van der Waals surface area (Å²) >= 11 is 0. The van der Waals surface area contributed by atoms with E-state index < -0.39 is 5.82 Å². The quantitative estimate of drug-likeness (QED) is 0.733. The van der Waals surface area contributed by atoms with E-state index in [1.807, 2.05) is 0 Å². The molecule has 5 heteroatoms. The van der Waals surface area contributed by atoms with Crippen LogP contribution < -0.4 is 0 Å². The molecule has 82 valence electrons. The Morgan fingerprint density at radius 1 is 1.50 bits per heavy atom. The number of rotatable bonds is 3. The average molecular weight is 219 g/mol. The molecule has 2 aromatic heterocycles. The summed E-state index contributed by atoms with van der Waals surface area (Å²) in [4.78, 5) is 19.4. The number of ketones is 1. The number of carbonyl (C=O) groups excluding carboxylic acids is 1. The molecular weight excluding hydrogens is 209 g/mol. The van der Waals surface area contributed by atoms with Gasteiger partial charge in [-0.05, 0) is 6.07 Å². The molecule has 0 aliphatic carbocycles. The molecule has 0 radical (unpaired) electrons. The van der Waals surface area contributed by atoms with Crippen molar-refractivity contribution in [2.45, 2.75) is 6.42 Å². The molecule has 0 unspecified atom stereocenters. The van der Waals surface area contributed by atoms with Crippen LogP contribution in [0.2, 0.25) is 0 Å². The van der Waals surface area contributed by atoms with E-state index in [-0.39, 0.29) is 17.8 Å². The molecule has 16 heavy (non-hydrogen) atoms. The standard InChI is InChI=1S/C11H10FN3O/c1-15-5-4-14-11(15)6-10(16)8-2-3-13-7-9(8)12/h2-5,7H,6H2,1H3. The molecule has 0 saturated carbocycles. The molecule has 2 aromatic rings. The maximum Gasteiger partial charge on any atom is 0.173 e. The number of carbonyl (C=O) groups is 1. The molecule has 0 N–H and O–H groups in total. The first-order valence-electron chi connectivity index (χ1n) is 4.77. The van der Waals surface area contributed by atoms with Gasteiger partial charge in [0.15, 0.2) is 11.6 Å². The normalized spacial score (nSPS) is 10.4. The van der Waals surface area contributed by atoms with Crippen LogP contribution in [0.25, 0.3) is 0 Å². The fourth-order valence-electron chi connectivity index (χ4n) is 1.41. The first-order valence-corrected chi connectivity index (χ1v) is 4.77. The van der Waals surface area contributed by atoms with Gasteiger partial charge < -0.3 is 4.57 Å². The van der Waals surface area contributed by atoms with Crippen LogP contribution in [-0.2, 0) is 13.5 Å². The van der Waals surface area contributed by atoms with Crippen LogP contribution in [0, 0.1) is 5.82 Å². The molecule has 2 heterocycles. The maximum atomic E-state index is 13.3. The number of aromatic nitrogens is 3. The highest BCUT2D eigenvalue weighted by molar-refractivity contribution is 5.97. The number of Topliss-reactive ketones (excluding diaryl/α,β-unsaturated/α-hetero) is 1. The monoisotopic (exact) mass is 219 g/mol. The van der Waals surface area contributed by atoms with Gasteiger partial charge in [0, 0.05) is 25.6 Å². The van der Waals surface area contributed by atoms with E-state index in [0.717, 1.165) is 6.20 Å². The predicted octanol–water partition coefficient (Wildman–Crippen LogP) is 1.38. The third-order valence-electron chi connectivity index (χ3n) is 2.31. The highest BCUT2D eigenvalue weighted by Crippen LogP contribution is 2.08. The smallest absolute Gasteiger partial charge is 0.173 e. The lowest BCUT2D eigenvalue weighted by Gasteiger charge is -2.02. The van der Waals surface area contributed by atoms with Crippen LogP contribution in [0.5, 0.6) is 0 Å². The van der Waals surface area contributed by atoms with Crippen molar-refractivity contribution in [2.75, 3.05) is 0 Å². The van der Waals surface area contributed by atoms with Crippen molar-refractivity contribution in [3.05, 3.63) is 48.1 Å². The van der Waals surface area contributed by atoms with E-state index >= 15 is 0 Å². The number of aryl methyl sites for hydroxylation is 1. The highest BCUT2D eigenvalue weighted by Gasteiger charge is 2.13. The van der Waals surface area contributed by atoms with E-state index in [0.29, 0.717) is 5.82 Å². The lowest BCUT2D eigenvalue weighted by Crippen LogP contribution is -2.10. The lowest BCUT2D eigenvalue weighted by molar-refractivity contribution is 0.0986. The number of pyridine rings is 1. The van der Waals surface area contributed by atoms with Gasteiger partial charge in [-0.2, -0.15) is 0 Å². The van der Waals surface area contributed by atoms with Gasteiger partial charge in [-0.25, -0.2) is 9.37 Å². The fraction of sp³-hybridized carbons (Fsp3) is 0.182. The van der Waals surface area contributed by atoms with Crippen molar-refractivity contribution in [1.82, 2.24) is 14.5 Å². The first-order chi connectivity index (χ1) is 7.68. The minimum atomic E-state index is -0.596. The van der Waals surface area contributed by atoms with Crippen molar-refractivity contribution in [3.8, 4) is 0 Å². The Morgan fingerprint density at radius 2 is 2.31 bits per heavy atom. The molecule has 2 rings (SSSR count). The van der Waals surface area contributed by atoms with Gasteiger partial charge >= 0.3 is 0 Å². The van der Waals surface area contributed by atoms with E-state index in [4.69, 9.17) is 0 Å². The van der Waals surface area contributed by atoms with Crippen LogP contribution in [0.4, 0.5) is 4.39 Å². The maximum absolute atomic E-state index is 13.3. The van der Waals surface area contributed by atoms with Gasteiger partial charge in [-0.15, -0.1) is 0 Å². The predicted molar refractivity (Wildman–Crippen MR) is 55.4 cm³/mol. The molecule has 0 spiro atoms. The second-order valence-corrected chi connectivity index (χ2v) is 3.41. The molecular formula is C11H10FN3O. The molecule has 0 aliphatic heterocycles. The Bertz CT molecular complexity index is 521. The average Bonchev–Trinajstić information content (AvgIpc) is 2.65. The topological polar surface area (TPSA) is 47.8 Å². The Kier molecular flexibility index (Phi) is 2.76. The van der Waals surface area contributed by atoms with E-state index in [2.05, 4.69) is 9.97 Å². The molecule has 0 aliphatic rings. The number of imidazole rings is 1. The molecule has 0 bridgehead atoms. The van der Waals surface area contributed by atoms with Gasteiger partial charge in [0.25, 0.3) is 0 Å². The molecule has 4 nitrogen and oxygen atoms in total. The molecule has 0 atom stereocenters. The van der Waals surface area contributed by atoms with Crippen LogP contribution in [0.1, 0.15) is 16.2 Å². The molecule has 0 saturated heterocycles. The zero-order valence-electron chi connectivity index (χ0n) is 8.72. The third kappa shape index (κ3) is 1.98. The summed E-state index contributed by atoms with van der Waals surface area (Å²) in [5.41, 5.74) is 0.0537. The van der Waals surface area contributed by atoms with E-state index in [1.165, 1.54) is 12.3 Å². The van der Waals surface area contributed by atoms with Gasteiger partial charge in [0.05, 0.1) is 18.2 Å². The van der Waals surface area contributed by atoms with Crippen LogP contribution in [0.3, 0.4) is 0 Å². The number of halogens is 1. The van der Waals surface area contributed by atoms with Gasteiger partial charge in [-0.1, -0.05) is 0 Å². The summed E-state index contributed by atoms with van der Waals surface area (Å²) < 4.78 is 15.0. The number of hydrogen-bond acceptors (Lipinski definition) is 3. The number of nitrogens with zero attached hydrogens (tertiary/aromatic N) is 3. The summed E-state index contributed by atoms with van der Waals surface area (Å²) in [6.07, 6.45) is 5.86. The minimum Gasteiger partial charge on any atom is -0.338 e. The van der Waals surface area contributed by atoms with Crippen molar-refractivity contribution in [1.29, 1.82) is 0 Å². The molecule has 0 fully saturated rings. The van der Waals surface area contributed by atoms with Crippen molar-refractivity contribution >= 4 is 5.78 Å². The van der Waals surface area contributed by atoms with Crippen LogP contribution >= 0.6 is 0 Å². The zero-order chi connectivity index (χ0) is 11.5. The highest BCUT2D eigenvalue weighted by atomic mass is 19.1. The fourth-order valence-corrected chi connectivity index (χ4v) is 1.41. The summed E-state index contributed by atoms with van der Waals surface area (Å²) in [6.45, 7) is 0. The number of hydrogen-bond donors (Lipinski definition) is 0. The zero-order valence-corrected chi connectivity index (χ0v) is 8.72. The van der Waals surface area contributed by atoms with Crippen LogP contribution in [0.15, 0.2) is 30.9 Å². The molecule has 0 aromatic carbocycles. The lowest BCUT2D eigenvalue weighted by atomic mass is 10.1. The third-order valence-corrected chi connectivity index (χ3v) is 2.31. The summed E-state index contributed by atoms with van der Waals surface area (Å²) in [5, 5.41) is 0. The SMILES string of the molecule is Cn1ccnc1CC(=O)c1ccncc1F. The van der Waals surface area contributed by atoms with Gasteiger partial charge in [0.2, 0.25) is 0 Å². The van der Waals surface area contributed by atoms with Crippen LogP contribution in [-0.4, -0.2) is 20.3 Å². The second kappa shape index (κ2) is 4.22. The Balaban J connectivity index is 2.22. The van der Waals surface area contributed by atoms with Crippen molar-refractivity contribution < 1.29 is 9.18 Å². The van der Waals surface area contributed by atoms with E-state index in [9.17, 15) is 9.18 Å². The van der Waals surface area contributed by atoms with E-state index in [1.54, 1.807) is 24.0 Å². The van der Waals surface area contributed by atoms with Crippen molar-refractivity contribution in [3.63, 3.8) is 0 Å². The summed E-state index contributed by atoms with van der Waals surface area (Å²) in [6, 6.07) is 1.38. The van der Waals surface area contributed by atoms with Gasteiger partial charge in [0.1, 0.15) is 5.82 Å². The molecule has 0 amide bonds. The van der Waals surface area contributed by atoms with Gasteiger partial charge in [-0.3, -0.25) is 9.78 Å². The first kappa shape index (κ1) is 10.5. The Morgan fingerprint density at radius 3 is 2.94 bits per heavy atom. The Labute approximate surface area is 91.8 Å². The summed E-state index contributed by atoms with van der Waals surface area (Å²) in [7, 11) is 1.79. The second-order valence-electron chi connectivity index (χ2n) is 3.41. The van der Waals surface area contributed by atoms with Crippen molar-refractivity contribution in [2.24, 2.45) is 7.05 Å². The minimum absolute atomic E-state index is 0.0537. The Hall–Kier alpha value is -2.04.